The van der Waals surface area contributed by atoms with Gasteiger partial charge in [0.25, 0.3) is 0 Å². The monoisotopic (exact) mass is 324 g/mol. The highest BCUT2D eigenvalue weighted by Gasteiger charge is 2.13. The maximum Gasteiger partial charge on any atom is 0.0901 e. The van der Waals surface area contributed by atoms with Gasteiger partial charge in [0.15, 0.2) is 0 Å². The van der Waals surface area contributed by atoms with Gasteiger partial charge in [0, 0.05) is 15.0 Å². The molecule has 1 heterocycles. The number of hydrogen-bond donors (Lipinski definition) is 1. The Labute approximate surface area is 121 Å². The Bertz CT molecular complexity index is 543. The third-order valence-electron chi connectivity index (χ3n) is 2.77. The van der Waals surface area contributed by atoms with E-state index in [1.165, 1.54) is 10.4 Å². The highest BCUT2D eigenvalue weighted by Crippen LogP contribution is 2.27. The zero-order valence-corrected chi connectivity index (χ0v) is 13.4. The van der Waals surface area contributed by atoms with Crippen molar-refractivity contribution in [1.82, 2.24) is 4.98 Å². The van der Waals surface area contributed by atoms with E-state index in [0.717, 1.165) is 20.9 Å². The Kier molecular flexibility index (Phi) is 4.07. The molecule has 1 unspecified atom stereocenters. The lowest BCUT2D eigenvalue weighted by Gasteiger charge is -2.15. The lowest BCUT2D eigenvalue weighted by atomic mass is 10.1. The molecule has 0 radical (unpaired) electrons. The summed E-state index contributed by atoms with van der Waals surface area (Å²) in [6, 6.07) is 6.57. The molecule has 96 valence electrons. The first-order valence-electron chi connectivity index (χ1n) is 5.93. The number of halogens is 1. The molecule has 2 aromatic rings. The summed E-state index contributed by atoms with van der Waals surface area (Å²) in [6.45, 7) is 8.43. The van der Waals surface area contributed by atoms with Crippen molar-refractivity contribution in [2.24, 2.45) is 0 Å². The van der Waals surface area contributed by atoms with Crippen LogP contribution < -0.4 is 5.32 Å². The van der Waals surface area contributed by atoms with Crippen LogP contribution in [-0.2, 0) is 0 Å². The molecule has 4 heteroatoms. The summed E-state index contributed by atoms with van der Waals surface area (Å²) >= 11 is 5.28. The van der Waals surface area contributed by atoms with Crippen LogP contribution in [0.15, 0.2) is 22.7 Å². The van der Waals surface area contributed by atoms with Crippen molar-refractivity contribution in [3.8, 4) is 0 Å². The molecular formula is C14H17BrN2S. The van der Waals surface area contributed by atoms with Gasteiger partial charge < -0.3 is 5.32 Å². The summed E-state index contributed by atoms with van der Waals surface area (Å²) in [5.41, 5.74) is 3.51. The molecule has 1 N–H and O–H groups in total. The highest BCUT2D eigenvalue weighted by atomic mass is 79.9. The van der Waals surface area contributed by atoms with Gasteiger partial charge in [-0.05, 0) is 51.5 Å². The first-order chi connectivity index (χ1) is 8.45. The molecule has 2 rings (SSSR count). The van der Waals surface area contributed by atoms with Crippen LogP contribution in [-0.4, -0.2) is 4.98 Å². The Morgan fingerprint density at radius 1 is 1.22 bits per heavy atom. The number of aryl methyl sites for hydroxylation is 3. The van der Waals surface area contributed by atoms with Gasteiger partial charge >= 0.3 is 0 Å². The molecule has 0 aliphatic heterocycles. The third kappa shape index (κ3) is 3.12. The van der Waals surface area contributed by atoms with Crippen LogP contribution in [0.25, 0.3) is 0 Å². The van der Waals surface area contributed by atoms with Crippen molar-refractivity contribution >= 4 is 33.0 Å². The minimum Gasteiger partial charge on any atom is -0.377 e. The fourth-order valence-electron chi connectivity index (χ4n) is 2.08. The van der Waals surface area contributed by atoms with Gasteiger partial charge in [0.2, 0.25) is 0 Å². The van der Waals surface area contributed by atoms with E-state index >= 15 is 0 Å². The number of aromatic nitrogens is 1. The predicted octanol–water partition coefficient (Wildman–Crippen LogP) is 5.00. The molecule has 0 fully saturated rings. The number of nitrogens with zero attached hydrogens (tertiary/aromatic N) is 1. The molecule has 0 saturated carbocycles. The van der Waals surface area contributed by atoms with E-state index < -0.39 is 0 Å². The van der Waals surface area contributed by atoms with E-state index in [1.54, 1.807) is 11.3 Å². The molecule has 1 atom stereocenters. The van der Waals surface area contributed by atoms with E-state index in [0.29, 0.717) is 0 Å². The molecule has 1 aromatic heterocycles. The van der Waals surface area contributed by atoms with Gasteiger partial charge in [-0.3, -0.25) is 0 Å². The molecule has 0 bridgehead atoms. The molecule has 0 saturated heterocycles. The topological polar surface area (TPSA) is 24.9 Å². The van der Waals surface area contributed by atoms with Gasteiger partial charge in [-0.15, -0.1) is 11.3 Å². The number of anilines is 1. The van der Waals surface area contributed by atoms with Crippen LogP contribution >= 0.6 is 27.3 Å². The van der Waals surface area contributed by atoms with E-state index in [2.05, 4.69) is 72.1 Å². The van der Waals surface area contributed by atoms with E-state index in [1.807, 2.05) is 0 Å². The van der Waals surface area contributed by atoms with Gasteiger partial charge in [-0.1, -0.05) is 15.9 Å². The zero-order chi connectivity index (χ0) is 13.3. The maximum absolute atomic E-state index is 4.60. The summed E-state index contributed by atoms with van der Waals surface area (Å²) in [4.78, 5) is 5.89. The molecular weight excluding hydrogens is 308 g/mol. The van der Waals surface area contributed by atoms with Crippen molar-refractivity contribution in [3.63, 3.8) is 0 Å². The quantitative estimate of drug-likeness (QED) is 0.858. The normalized spacial score (nSPS) is 12.5. The number of rotatable bonds is 3. The van der Waals surface area contributed by atoms with Crippen molar-refractivity contribution < 1.29 is 0 Å². The first kappa shape index (κ1) is 13.6. The minimum absolute atomic E-state index is 0.226. The Morgan fingerprint density at radius 3 is 2.50 bits per heavy atom. The number of benzene rings is 1. The maximum atomic E-state index is 4.60. The molecule has 18 heavy (non-hydrogen) atoms. The number of nitrogens with one attached hydrogen (secondary N) is 1. The SMILES string of the molecule is Cc1cc(Br)cc(NC(C)c2nc(C)sc2C)c1. The lowest BCUT2D eigenvalue weighted by molar-refractivity contribution is 0.836. The smallest absolute Gasteiger partial charge is 0.0901 e. The van der Waals surface area contributed by atoms with E-state index in [-0.39, 0.29) is 6.04 Å². The molecule has 0 amide bonds. The molecule has 2 nitrogen and oxygen atoms in total. The van der Waals surface area contributed by atoms with Crippen LogP contribution in [0.5, 0.6) is 0 Å². The van der Waals surface area contributed by atoms with Crippen molar-refractivity contribution in [2.45, 2.75) is 33.7 Å². The Balaban J connectivity index is 2.20. The standard InChI is InChI=1S/C14H17BrN2S/c1-8-5-12(15)7-13(6-8)16-9(2)14-10(3)18-11(4)17-14/h5-7,9,16H,1-4H3. The van der Waals surface area contributed by atoms with Gasteiger partial charge in [0.05, 0.1) is 16.7 Å². The number of hydrogen-bond acceptors (Lipinski definition) is 3. The van der Waals surface area contributed by atoms with Crippen LogP contribution in [0.2, 0.25) is 0 Å². The van der Waals surface area contributed by atoms with Crippen LogP contribution in [0, 0.1) is 20.8 Å². The fraction of sp³-hybridized carbons (Fsp3) is 0.357. The molecule has 0 aliphatic rings. The summed E-state index contributed by atoms with van der Waals surface area (Å²) in [7, 11) is 0. The summed E-state index contributed by atoms with van der Waals surface area (Å²) in [5, 5.41) is 4.63. The van der Waals surface area contributed by atoms with Crippen molar-refractivity contribution in [3.05, 3.63) is 43.8 Å². The van der Waals surface area contributed by atoms with Crippen molar-refractivity contribution in [1.29, 1.82) is 0 Å². The number of thiazole rings is 1. The Hall–Kier alpha value is -0.870. The van der Waals surface area contributed by atoms with Crippen LogP contribution in [0.3, 0.4) is 0 Å². The Morgan fingerprint density at radius 2 is 1.94 bits per heavy atom. The highest BCUT2D eigenvalue weighted by molar-refractivity contribution is 9.10. The van der Waals surface area contributed by atoms with Crippen LogP contribution in [0.4, 0.5) is 5.69 Å². The largest absolute Gasteiger partial charge is 0.377 e. The average molecular weight is 325 g/mol. The van der Waals surface area contributed by atoms with Gasteiger partial charge in [0.1, 0.15) is 0 Å². The van der Waals surface area contributed by atoms with Crippen molar-refractivity contribution in [2.75, 3.05) is 5.32 Å². The zero-order valence-electron chi connectivity index (χ0n) is 11.0. The van der Waals surface area contributed by atoms with Gasteiger partial charge in [-0.25, -0.2) is 4.98 Å². The van der Waals surface area contributed by atoms with Gasteiger partial charge in [-0.2, -0.15) is 0 Å². The fourth-order valence-corrected chi connectivity index (χ4v) is 3.61. The van der Waals surface area contributed by atoms with Crippen LogP contribution in [0.1, 0.15) is 34.1 Å². The summed E-state index contributed by atoms with van der Waals surface area (Å²) < 4.78 is 1.10. The molecule has 1 aromatic carbocycles. The second-order valence-corrected chi connectivity index (χ2v) is 6.88. The summed E-state index contributed by atoms with van der Waals surface area (Å²) in [6.07, 6.45) is 0. The predicted molar refractivity (Wildman–Crippen MR) is 82.5 cm³/mol. The first-order valence-corrected chi connectivity index (χ1v) is 7.54. The molecule has 0 aliphatic carbocycles. The third-order valence-corrected chi connectivity index (χ3v) is 4.13. The van der Waals surface area contributed by atoms with E-state index in [9.17, 15) is 0 Å². The second kappa shape index (κ2) is 5.41. The molecule has 0 spiro atoms. The van der Waals surface area contributed by atoms with E-state index in [4.69, 9.17) is 0 Å². The summed E-state index contributed by atoms with van der Waals surface area (Å²) in [5.74, 6) is 0. The lowest BCUT2D eigenvalue weighted by Crippen LogP contribution is -2.08. The minimum atomic E-state index is 0.226. The average Bonchev–Trinajstić information content (AvgIpc) is 2.56. The second-order valence-electron chi connectivity index (χ2n) is 4.56.